The van der Waals surface area contributed by atoms with Crippen LogP contribution in [0, 0.1) is 51.2 Å². The first-order valence-corrected chi connectivity index (χ1v) is 13.3. The summed E-state index contributed by atoms with van der Waals surface area (Å²) in [6.45, 7) is 16.1. The molecule has 0 bridgehead atoms. The number of aliphatic carboxylic acids is 1. The highest BCUT2D eigenvalue weighted by atomic mass is 16.4. The molecule has 4 fully saturated rings. The standard InChI is InChI=1S/C29H44O4/c1-16-9-12-29(25(32)33)14-13-27(5)20(23(29)17(16)2)7-8-22-26(4)15-21(30)24(31)18(3)19(26)10-11-28(22,27)6/h7,16-17,19,21-24,30-31H,3,8-15H2,1-2,4-6H3,(H,32,33)/t16-,17+,19?,21-,22?,23?,24-,26+,27-,28-,29+/m1/s1. The van der Waals surface area contributed by atoms with E-state index in [4.69, 9.17) is 0 Å². The van der Waals surface area contributed by atoms with Gasteiger partial charge >= 0.3 is 5.97 Å². The largest absolute Gasteiger partial charge is 0.481 e. The highest BCUT2D eigenvalue weighted by Crippen LogP contribution is 2.74. The average Bonchev–Trinajstić information content (AvgIpc) is 2.75. The third-order valence-corrected chi connectivity index (χ3v) is 12.5. The normalized spacial score (nSPS) is 56.0. The smallest absolute Gasteiger partial charge is 0.310 e. The van der Waals surface area contributed by atoms with Gasteiger partial charge in [-0.25, -0.2) is 0 Å². The summed E-state index contributed by atoms with van der Waals surface area (Å²) in [5, 5.41) is 31.8. The minimum atomic E-state index is -0.812. The molecule has 4 saturated carbocycles. The Morgan fingerprint density at radius 3 is 2.42 bits per heavy atom. The number of fused-ring (bicyclic) bond motifs is 7. The molecule has 5 aliphatic carbocycles. The third kappa shape index (κ3) is 2.74. The maximum atomic E-state index is 12.8. The summed E-state index contributed by atoms with van der Waals surface area (Å²) < 4.78 is 0. The molecule has 0 spiro atoms. The van der Waals surface area contributed by atoms with Crippen LogP contribution in [0.15, 0.2) is 23.8 Å². The maximum absolute atomic E-state index is 12.8. The Balaban J connectivity index is 1.62. The predicted octanol–water partition coefficient (Wildman–Crippen LogP) is 5.59. The van der Waals surface area contributed by atoms with Gasteiger partial charge in [0.2, 0.25) is 0 Å². The van der Waals surface area contributed by atoms with Gasteiger partial charge in [-0.15, -0.1) is 0 Å². The Morgan fingerprint density at radius 1 is 1.06 bits per heavy atom. The molecule has 0 saturated heterocycles. The number of aliphatic hydroxyl groups excluding tert-OH is 2. The van der Waals surface area contributed by atoms with E-state index in [0.29, 0.717) is 24.2 Å². The van der Waals surface area contributed by atoms with Crippen LogP contribution in [0.4, 0.5) is 0 Å². The van der Waals surface area contributed by atoms with Crippen LogP contribution in [0.3, 0.4) is 0 Å². The SMILES string of the molecule is C=C1C2CC[C@]3(C)C(CC=C4C5[C@@H](C)[C@H](C)CC[C@]5(C(=O)O)CC[C@]43C)[C@@]2(C)C[C@@H](O)[C@@H]1O. The molecule has 4 nitrogen and oxygen atoms in total. The fraction of sp³-hybridized carbons (Fsp3) is 0.828. The van der Waals surface area contributed by atoms with E-state index in [0.717, 1.165) is 50.5 Å². The molecule has 11 atom stereocenters. The highest BCUT2D eigenvalue weighted by Gasteiger charge is 2.68. The van der Waals surface area contributed by atoms with Crippen LogP contribution in [-0.4, -0.2) is 33.5 Å². The molecule has 0 heterocycles. The molecule has 5 rings (SSSR count). The second-order valence-corrected chi connectivity index (χ2v) is 13.4. The first kappa shape index (κ1) is 23.6. The molecule has 33 heavy (non-hydrogen) atoms. The molecule has 0 radical (unpaired) electrons. The molecule has 4 heteroatoms. The zero-order chi connectivity index (χ0) is 24.1. The molecular weight excluding hydrogens is 412 g/mol. The zero-order valence-electron chi connectivity index (χ0n) is 21.2. The second-order valence-electron chi connectivity index (χ2n) is 13.4. The Morgan fingerprint density at radius 2 is 1.76 bits per heavy atom. The number of hydrogen-bond acceptors (Lipinski definition) is 3. The fourth-order valence-corrected chi connectivity index (χ4v) is 10.1. The lowest BCUT2D eigenvalue weighted by molar-refractivity contribution is -0.182. The molecule has 0 amide bonds. The Labute approximate surface area is 199 Å². The molecule has 3 N–H and O–H groups in total. The van der Waals surface area contributed by atoms with Crippen molar-refractivity contribution in [2.24, 2.45) is 51.2 Å². The maximum Gasteiger partial charge on any atom is 0.310 e. The highest BCUT2D eigenvalue weighted by molar-refractivity contribution is 5.76. The van der Waals surface area contributed by atoms with E-state index in [2.05, 4.69) is 47.3 Å². The van der Waals surface area contributed by atoms with E-state index in [9.17, 15) is 20.1 Å². The van der Waals surface area contributed by atoms with Crippen molar-refractivity contribution in [1.82, 2.24) is 0 Å². The number of carbonyl (C=O) groups is 1. The van der Waals surface area contributed by atoms with Gasteiger partial charge < -0.3 is 15.3 Å². The first-order chi connectivity index (χ1) is 15.3. The summed E-state index contributed by atoms with van der Waals surface area (Å²) >= 11 is 0. The van der Waals surface area contributed by atoms with Gasteiger partial charge in [-0.2, -0.15) is 0 Å². The number of carboxylic acid groups (broad SMARTS) is 1. The zero-order valence-corrected chi connectivity index (χ0v) is 21.2. The topological polar surface area (TPSA) is 77.8 Å². The molecular formula is C29H44O4. The van der Waals surface area contributed by atoms with Gasteiger partial charge in [0, 0.05) is 0 Å². The van der Waals surface area contributed by atoms with E-state index in [1.54, 1.807) is 0 Å². The molecule has 5 aliphatic rings. The minimum absolute atomic E-state index is 0.0266. The van der Waals surface area contributed by atoms with Crippen LogP contribution in [0.25, 0.3) is 0 Å². The van der Waals surface area contributed by atoms with E-state index >= 15 is 0 Å². The molecule has 0 aromatic heterocycles. The fourth-order valence-electron chi connectivity index (χ4n) is 10.1. The molecule has 0 aromatic carbocycles. The molecule has 0 aliphatic heterocycles. The van der Waals surface area contributed by atoms with Crippen LogP contribution in [0.5, 0.6) is 0 Å². The van der Waals surface area contributed by atoms with Crippen LogP contribution in [0.2, 0.25) is 0 Å². The minimum Gasteiger partial charge on any atom is -0.481 e. The van der Waals surface area contributed by atoms with E-state index in [-0.39, 0.29) is 28.1 Å². The summed E-state index contributed by atoms with van der Waals surface area (Å²) in [7, 11) is 0. The van der Waals surface area contributed by atoms with Gasteiger partial charge in [-0.3, -0.25) is 4.79 Å². The Kier molecular flexibility index (Phi) is 5.15. The predicted molar refractivity (Wildman–Crippen MR) is 129 cm³/mol. The lowest BCUT2D eigenvalue weighted by atomic mass is 9.34. The van der Waals surface area contributed by atoms with Crippen molar-refractivity contribution in [3.05, 3.63) is 23.8 Å². The Hall–Kier alpha value is -1.13. The van der Waals surface area contributed by atoms with Gasteiger partial charge in [0.05, 0.1) is 11.5 Å². The molecule has 3 unspecified atom stereocenters. The summed E-state index contributed by atoms with van der Waals surface area (Å²) in [4.78, 5) is 12.8. The number of carboxylic acids is 1. The van der Waals surface area contributed by atoms with Crippen LogP contribution < -0.4 is 0 Å². The van der Waals surface area contributed by atoms with Gasteiger partial charge in [0.1, 0.15) is 6.10 Å². The van der Waals surface area contributed by atoms with Gasteiger partial charge in [-0.1, -0.05) is 52.8 Å². The molecule has 184 valence electrons. The lowest BCUT2D eigenvalue weighted by Gasteiger charge is -2.70. The lowest BCUT2D eigenvalue weighted by Crippen LogP contribution is -2.64. The Bertz CT molecular complexity index is 907. The summed E-state index contributed by atoms with van der Waals surface area (Å²) in [5.74, 6) is 1.09. The van der Waals surface area contributed by atoms with Crippen molar-refractivity contribution in [3.63, 3.8) is 0 Å². The van der Waals surface area contributed by atoms with Crippen molar-refractivity contribution in [1.29, 1.82) is 0 Å². The van der Waals surface area contributed by atoms with Gasteiger partial charge in [0.15, 0.2) is 0 Å². The van der Waals surface area contributed by atoms with Crippen LogP contribution in [0.1, 0.15) is 86.0 Å². The van der Waals surface area contributed by atoms with Crippen molar-refractivity contribution in [2.75, 3.05) is 0 Å². The summed E-state index contributed by atoms with van der Waals surface area (Å²) in [6, 6.07) is 0. The van der Waals surface area contributed by atoms with E-state index in [1.807, 2.05) is 0 Å². The van der Waals surface area contributed by atoms with Crippen molar-refractivity contribution in [2.45, 2.75) is 98.2 Å². The van der Waals surface area contributed by atoms with Crippen LogP contribution in [-0.2, 0) is 4.79 Å². The second kappa shape index (κ2) is 7.20. The average molecular weight is 457 g/mol. The molecule has 0 aromatic rings. The van der Waals surface area contributed by atoms with E-state index < -0.39 is 23.6 Å². The summed E-state index contributed by atoms with van der Waals surface area (Å²) in [5.41, 5.74) is 1.58. The van der Waals surface area contributed by atoms with Gasteiger partial charge in [-0.05, 0) is 103 Å². The van der Waals surface area contributed by atoms with Crippen molar-refractivity contribution < 1.29 is 20.1 Å². The van der Waals surface area contributed by atoms with Crippen molar-refractivity contribution in [3.8, 4) is 0 Å². The number of aliphatic hydroxyl groups is 2. The monoisotopic (exact) mass is 456 g/mol. The number of rotatable bonds is 1. The van der Waals surface area contributed by atoms with Crippen molar-refractivity contribution >= 4 is 5.97 Å². The van der Waals surface area contributed by atoms with E-state index in [1.165, 1.54) is 5.57 Å². The first-order valence-electron chi connectivity index (χ1n) is 13.3. The van der Waals surface area contributed by atoms with Gasteiger partial charge in [0.25, 0.3) is 0 Å². The number of hydrogen-bond donors (Lipinski definition) is 3. The van der Waals surface area contributed by atoms with Crippen LogP contribution >= 0.6 is 0 Å². The number of allylic oxidation sites excluding steroid dienone is 2. The quantitative estimate of drug-likeness (QED) is 0.450. The third-order valence-electron chi connectivity index (χ3n) is 12.5. The summed E-state index contributed by atoms with van der Waals surface area (Å²) in [6.07, 6.45) is 8.04.